The monoisotopic (exact) mass is 418 g/mol. The molecule has 0 fully saturated rings. The molecule has 32 heavy (non-hydrogen) atoms. The van der Waals surface area contributed by atoms with E-state index in [1.54, 1.807) is 0 Å². The SMILES string of the molecule is O=C(O)c1cc(O)c2ccccc2c1-c1cc2c3c(ccc2c2ccccc12)CCCC3. The van der Waals surface area contributed by atoms with E-state index >= 15 is 0 Å². The van der Waals surface area contributed by atoms with Gasteiger partial charge in [-0.15, -0.1) is 0 Å². The number of carboxylic acid groups (broad SMARTS) is 1. The van der Waals surface area contributed by atoms with E-state index in [1.807, 2.05) is 36.4 Å². The second-order valence-electron chi connectivity index (χ2n) is 8.64. The molecule has 0 heterocycles. The molecule has 5 aromatic rings. The Morgan fingerprint density at radius 2 is 1.34 bits per heavy atom. The average Bonchev–Trinajstić information content (AvgIpc) is 2.83. The molecule has 0 saturated carbocycles. The van der Waals surface area contributed by atoms with Crippen LogP contribution in [0.2, 0.25) is 0 Å². The van der Waals surface area contributed by atoms with E-state index in [4.69, 9.17) is 0 Å². The first kappa shape index (κ1) is 18.9. The van der Waals surface area contributed by atoms with E-state index in [9.17, 15) is 15.0 Å². The second-order valence-corrected chi connectivity index (χ2v) is 8.64. The van der Waals surface area contributed by atoms with E-state index in [0.717, 1.165) is 34.6 Å². The van der Waals surface area contributed by atoms with Gasteiger partial charge in [0.05, 0.1) is 5.56 Å². The zero-order chi connectivity index (χ0) is 21.8. The average molecular weight is 418 g/mol. The molecule has 1 aliphatic carbocycles. The van der Waals surface area contributed by atoms with E-state index in [0.29, 0.717) is 10.9 Å². The minimum absolute atomic E-state index is 0.00998. The van der Waals surface area contributed by atoms with Gasteiger partial charge in [-0.05, 0) is 81.4 Å². The Balaban J connectivity index is 1.83. The third kappa shape index (κ3) is 2.71. The normalized spacial score (nSPS) is 13.5. The van der Waals surface area contributed by atoms with Gasteiger partial charge in [0.15, 0.2) is 0 Å². The van der Waals surface area contributed by atoms with Crippen LogP contribution in [0.25, 0.3) is 43.4 Å². The fourth-order valence-corrected chi connectivity index (χ4v) is 5.45. The highest BCUT2D eigenvalue weighted by Gasteiger charge is 2.22. The fraction of sp³-hybridized carbons (Fsp3) is 0.138. The van der Waals surface area contributed by atoms with Crippen molar-refractivity contribution < 1.29 is 15.0 Å². The van der Waals surface area contributed by atoms with Crippen molar-refractivity contribution in [2.45, 2.75) is 25.7 Å². The number of rotatable bonds is 2. The van der Waals surface area contributed by atoms with Crippen molar-refractivity contribution in [3.05, 3.63) is 89.5 Å². The standard InChI is InChI=1S/C29H22O3/c30-27-16-26(29(31)32)28(23-12-6-5-11-22(23)27)25-15-24-18-8-2-1-7-17(18)13-14-21(24)19-9-3-4-10-20(19)25/h3-6,9-16,30H,1-2,7-8H2,(H,31,32). The second kappa shape index (κ2) is 7.10. The quantitative estimate of drug-likeness (QED) is 0.301. The van der Waals surface area contributed by atoms with E-state index in [1.165, 1.54) is 40.8 Å². The van der Waals surface area contributed by atoms with Gasteiger partial charge in [-0.25, -0.2) is 4.79 Å². The molecule has 6 rings (SSSR count). The van der Waals surface area contributed by atoms with Crippen molar-refractivity contribution in [3.63, 3.8) is 0 Å². The highest BCUT2D eigenvalue weighted by Crippen LogP contribution is 2.43. The molecule has 0 amide bonds. The number of fused-ring (bicyclic) bond motifs is 6. The van der Waals surface area contributed by atoms with Gasteiger partial charge in [-0.2, -0.15) is 0 Å². The van der Waals surface area contributed by atoms with Crippen LogP contribution in [-0.2, 0) is 12.8 Å². The summed E-state index contributed by atoms with van der Waals surface area (Å²) in [6, 6.07) is 23.8. The first-order valence-corrected chi connectivity index (χ1v) is 11.1. The van der Waals surface area contributed by atoms with Crippen molar-refractivity contribution >= 4 is 38.3 Å². The largest absolute Gasteiger partial charge is 0.507 e. The lowest BCUT2D eigenvalue weighted by Gasteiger charge is -2.21. The first-order valence-electron chi connectivity index (χ1n) is 11.1. The van der Waals surface area contributed by atoms with Crippen molar-refractivity contribution in [2.24, 2.45) is 0 Å². The van der Waals surface area contributed by atoms with Crippen LogP contribution in [0.3, 0.4) is 0 Å². The number of carbonyl (C=O) groups is 1. The lowest BCUT2D eigenvalue weighted by atomic mass is 9.83. The predicted octanol–water partition coefficient (Wildman–Crippen LogP) is 7.10. The summed E-state index contributed by atoms with van der Waals surface area (Å²) >= 11 is 0. The summed E-state index contributed by atoms with van der Waals surface area (Å²) in [5, 5.41) is 26.6. The molecule has 3 heteroatoms. The Kier molecular flexibility index (Phi) is 4.19. The summed E-state index contributed by atoms with van der Waals surface area (Å²) in [6.45, 7) is 0. The van der Waals surface area contributed by atoms with Crippen LogP contribution in [0.1, 0.15) is 34.3 Å². The summed E-state index contributed by atoms with van der Waals surface area (Å²) in [6.07, 6.45) is 4.53. The van der Waals surface area contributed by atoms with Crippen LogP contribution in [0.4, 0.5) is 0 Å². The Labute approximate surface area is 185 Å². The maximum Gasteiger partial charge on any atom is 0.336 e. The number of carboxylic acids is 1. The minimum Gasteiger partial charge on any atom is -0.507 e. The summed E-state index contributed by atoms with van der Waals surface area (Å²) in [4.78, 5) is 12.3. The van der Waals surface area contributed by atoms with Gasteiger partial charge in [0.2, 0.25) is 0 Å². The molecule has 0 unspecified atom stereocenters. The van der Waals surface area contributed by atoms with Gasteiger partial charge in [-0.1, -0.05) is 60.7 Å². The van der Waals surface area contributed by atoms with Crippen LogP contribution in [0.5, 0.6) is 5.75 Å². The van der Waals surface area contributed by atoms with Crippen molar-refractivity contribution in [1.29, 1.82) is 0 Å². The molecule has 0 aromatic heterocycles. The number of phenols is 1. The first-order chi connectivity index (χ1) is 15.6. The number of benzene rings is 5. The van der Waals surface area contributed by atoms with E-state index in [-0.39, 0.29) is 11.3 Å². The Morgan fingerprint density at radius 3 is 2.12 bits per heavy atom. The number of aryl methyl sites for hydroxylation is 2. The summed E-state index contributed by atoms with van der Waals surface area (Å²) in [7, 11) is 0. The van der Waals surface area contributed by atoms with Crippen molar-refractivity contribution in [3.8, 4) is 16.9 Å². The predicted molar refractivity (Wildman–Crippen MR) is 130 cm³/mol. The molecule has 0 atom stereocenters. The molecule has 2 N–H and O–H groups in total. The molecule has 0 spiro atoms. The molecule has 0 aliphatic heterocycles. The van der Waals surface area contributed by atoms with Gasteiger partial charge in [0.1, 0.15) is 5.75 Å². The molecule has 5 aromatic carbocycles. The van der Waals surface area contributed by atoms with Crippen LogP contribution >= 0.6 is 0 Å². The molecule has 0 bridgehead atoms. The number of hydrogen-bond acceptors (Lipinski definition) is 2. The molecule has 1 aliphatic rings. The fourth-order valence-electron chi connectivity index (χ4n) is 5.45. The zero-order valence-electron chi connectivity index (χ0n) is 17.6. The third-order valence-electron chi connectivity index (χ3n) is 6.90. The third-order valence-corrected chi connectivity index (χ3v) is 6.90. The van der Waals surface area contributed by atoms with Crippen LogP contribution in [0.15, 0.2) is 72.8 Å². The number of aromatic hydroxyl groups is 1. The van der Waals surface area contributed by atoms with Gasteiger partial charge in [0, 0.05) is 10.9 Å². The molecular weight excluding hydrogens is 396 g/mol. The van der Waals surface area contributed by atoms with Crippen LogP contribution < -0.4 is 0 Å². The summed E-state index contributed by atoms with van der Waals surface area (Å²) in [5.74, 6) is -1.05. The van der Waals surface area contributed by atoms with Crippen molar-refractivity contribution in [1.82, 2.24) is 0 Å². The Bertz CT molecular complexity index is 1560. The van der Waals surface area contributed by atoms with Gasteiger partial charge in [0.25, 0.3) is 0 Å². The van der Waals surface area contributed by atoms with Crippen molar-refractivity contribution in [2.75, 3.05) is 0 Å². The topological polar surface area (TPSA) is 57.5 Å². The summed E-state index contributed by atoms with van der Waals surface area (Å²) in [5.41, 5.74) is 4.48. The maximum atomic E-state index is 12.3. The highest BCUT2D eigenvalue weighted by molar-refractivity contribution is 6.20. The Morgan fingerprint density at radius 1 is 0.688 bits per heavy atom. The van der Waals surface area contributed by atoms with Crippen LogP contribution in [0, 0.1) is 0 Å². The highest BCUT2D eigenvalue weighted by atomic mass is 16.4. The lowest BCUT2D eigenvalue weighted by molar-refractivity contribution is 0.0697. The lowest BCUT2D eigenvalue weighted by Crippen LogP contribution is -2.04. The molecule has 3 nitrogen and oxygen atoms in total. The van der Waals surface area contributed by atoms with Crippen LogP contribution in [-0.4, -0.2) is 16.2 Å². The Hall–Kier alpha value is -3.85. The molecule has 0 radical (unpaired) electrons. The van der Waals surface area contributed by atoms with Gasteiger partial charge >= 0.3 is 5.97 Å². The smallest absolute Gasteiger partial charge is 0.336 e. The molecular formula is C29H22O3. The molecule has 156 valence electrons. The number of hydrogen-bond donors (Lipinski definition) is 2. The summed E-state index contributed by atoms with van der Waals surface area (Å²) < 4.78 is 0. The minimum atomic E-state index is -1.04. The van der Waals surface area contributed by atoms with Gasteiger partial charge in [-0.3, -0.25) is 0 Å². The zero-order valence-corrected chi connectivity index (χ0v) is 17.6. The maximum absolute atomic E-state index is 12.3. The number of phenolic OH excluding ortho intramolecular Hbond substituents is 1. The van der Waals surface area contributed by atoms with Gasteiger partial charge < -0.3 is 10.2 Å². The van der Waals surface area contributed by atoms with E-state index < -0.39 is 5.97 Å². The van der Waals surface area contributed by atoms with E-state index in [2.05, 4.69) is 30.3 Å². The number of aromatic carboxylic acids is 1. The molecule has 0 saturated heterocycles.